The maximum absolute atomic E-state index is 11.3. The molecule has 1 rings (SSSR count). The fourth-order valence-corrected chi connectivity index (χ4v) is 2.39. The topological polar surface area (TPSA) is 41.1 Å². The summed E-state index contributed by atoms with van der Waals surface area (Å²) in [5.41, 5.74) is 1.33. The molecule has 0 unspecified atom stereocenters. The average Bonchev–Trinajstić information content (AvgIpc) is 2.55. The number of carbonyl (C=O) groups is 1. The second-order valence-electron chi connectivity index (χ2n) is 3.91. The molecule has 0 aliphatic rings. The van der Waals surface area contributed by atoms with Gasteiger partial charge in [-0.25, -0.2) is 0 Å². The van der Waals surface area contributed by atoms with Crippen molar-refractivity contribution in [3.05, 3.63) is 21.4 Å². The van der Waals surface area contributed by atoms with Gasteiger partial charge in [0, 0.05) is 22.8 Å². The van der Waals surface area contributed by atoms with Crippen LogP contribution in [-0.2, 0) is 11.3 Å². The number of hydrogen-bond acceptors (Lipinski definition) is 3. The van der Waals surface area contributed by atoms with E-state index in [-0.39, 0.29) is 5.91 Å². The maximum atomic E-state index is 11.3. The van der Waals surface area contributed by atoms with Crippen molar-refractivity contribution in [2.45, 2.75) is 33.7 Å². The molecule has 0 saturated heterocycles. The Kier molecular flexibility index (Phi) is 5.49. The van der Waals surface area contributed by atoms with Crippen LogP contribution in [0.4, 0.5) is 0 Å². The Hall–Kier alpha value is -0.870. The molecule has 3 nitrogen and oxygen atoms in total. The van der Waals surface area contributed by atoms with Crippen LogP contribution in [0.25, 0.3) is 0 Å². The summed E-state index contributed by atoms with van der Waals surface area (Å²) in [7, 11) is 0. The molecule has 0 aliphatic heterocycles. The Morgan fingerprint density at radius 2 is 2.19 bits per heavy atom. The molecule has 1 amide bonds. The molecule has 90 valence electrons. The van der Waals surface area contributed by atoms with Crippen LogP contribution in [0.3, 0.4) is 0 Å². The van der Waals surface area contributed by atoms with Gasteiger partial charge in [-0.15, -0.1) is 11.3 Å². The van der Waals surface area contributed by atoms with Crippen LogP contribution in [-0.4, -0.2) is 19.0 Å². The van der Waals surface area contributed by atoms with Crippen molar-refractivity contribution in [2.75, 3.05) is 13.1 Å². The minimum absolute atomic E-state index is 0.0758. The van der Waals surface area contributed by atoms with E-state index in [4.69, 9.17) is 0 Å². The summed E-state index contributed by atoms with van der Waals surface area (Å²) < 4.78 is 0. The summed E-state index contributed by atoms with van der Waals surface area (Å²) in [5, 5.41) is 5.99. The number of thiophene rings is 1. The zero-order chi connectivity index (χ0) is 12.0. The van der Waals surface area contributed by atoms with E-state index >= 15 is 0 Å². The molecule has 0 radical (unpaired) electrons. The first kappa shape index (κ1) is 13.2. The lowest BCUT2D eigenvalue weighted by Crippen LogP contribution is -2.33. The Balaban J connectivity index is 2.22. The quantitative estimate of drug-likeness (QED) is 0.798. The van der Waals surface area contributed by atoms with Crippen molar-refractivity contribution in [1.82, 2.24) is 10.6 Å². The number of aryl methyl sites for hydroxylation is 2. The summed E-state index contributed by atoms with van der Waals surface area (Å²) in [6.45, 7) is 8.22. The van der Waals surface area contributed by atoms with Crippen molar-refractivity contribution in [3.63, 3.8) is 0 Å². The van der Waals surface area contributed by atoms with E-state index in [0.29, 0.717) is 6.54 Å². The van der Waals surface area contributed by atoms with Crippen LogP contribution in [0.1, 0.15) is 28.7 Å². The second-order valence-corrected chi connectivity index (χ2v) is 5.25. The largest absolute Gasteiger partial charge is 0.355 e. The van der Waals surface area contributed by atoms with Crippen LogP contribution in [0.2, 0.25) is 0 Å². The first-order chi connectivity index (χ1) is 7.63. The molecule has 16 heavy (non-hydrogen) atoms. The molecular formula is C12H20N2OS. The summed E-state index contributed by atoms with van der Waals surface area (Å²) >= 11 is 1.79. The molecule has 4 heteroatoms. The van der Waals surface area contributed by atoms with E-state index < -0.39 is 0 Å². The van der Waals surface area contributed by atoms with Crippen molar-refractivity contribution in [3.8, 4) is 0 Å². The zero-order valence-corrected chi connectivity index (χ0v) is 11.0. The Morgan fingerprint density at radius 1 is 1.44 bits per heavy atom. The second kappa shape index (κ2) is 6.66. The lowest BCUT2D eigenvalue weighted by molar-refractivity contribution is -0.120. The van der Waals surface area contributed by atoms with Crippen LogP contribution >= 0.6 is 11.3 Å². The van der Waals surface area contributed by atoms with Gasteiger partial charge < -0.3 is 10.6 Å². The zero-order valence-electron chi connectivity index (χ0n) is 10.2. The Labute approximate surface area is 101 Å². The minimum atomic E-state index is 0.0758. The van der Waals surface area contributed by atoms with Crippen molar-refractivity contribution < 1.29 is 4.79 Å². The normalized spacial score (nSPS) is 10.4. The van der Waals surface area contributed by atoms with Crippen LogP contribution in [0, 0.1) is 13.8 Å². The Bertz CT molecular complexity index is 327. The van der Waals surface area contributed by atoms with Crippen LogP contribution in [0.15, 0.2) is 6.07 Å². The summed E-state index contributed by atoms with van der Waals surface area (Å²) in [4.78, 5) is 13.9. The van der Waals surface area contributed by atoms with Crippen molar-refractivity contribution >= 4 is 17.2 Å². The van der Waals surface area contributed by atoms with Gasteiger partial charge in [0.1, 0.15) is 0 Å². The van der Waals surface area contributed by atoms with Crippen molar-refractivity contribution in [2.24, 2.45) is 0 Å². The number of nitrogens with one attached hydrogen (secondary N) is 2. The molecule has 0 fully saturated rings. The Morgan fingerprint density at radius 3 is 2.75 bits per heavy atom. The van der Waals surface area contributed by atoms with Crippen LogP contribution in [0.5, 0.6) is 0 Å². The fourth-order valence-electron chi connectivity index (χ4n) is 1.36. The molecule has 0 spiro atoms. The first-order valence-electron chi connectivity index (χ1n) is 5.66. The standard InChI is InChI=1S/C12H20N2OS/c1-4-5-14-12(15)8-13-7-11-6-9(2)10(3)16-11/h6,13H,4-5,7-8H2,1-3H3,(H,14,15). The number of hydrogen-bond donors (Lipinski definition) is 2. The fraction of sp³-hybridized carbons (Fsp3) is 0.583. The predicted octanol–water partition coefficient (Wildman–Crippen LogP) is 1.98. The van der Waals surface area contributed by atoms with E-state index in [1.165, 1.54) is 15.3 Å². The molecule has 1 aromatic heterocycles. The minimum Gasteiger partial charge on any atom is -0.355 e. The molecule has 2 N–H and O–H groups in total. The van der Waals surface area contributed by atoms with E-state index in [1.807, 2.05) is 6.92 Å². The van der Waals surface area contributed by atoms with Gasteiger partial charge in [-0.2, -0.15) is 0 Å². The molecule has 0 aromatic carbocycles. The van der Waals surface area contributed by atoms with Gasteiger partial charge in [-0.1, -0.05) is 6.92 Å². The molecule has 1 aromatic rings. The highest BCUT2D eigenvalue weighted by molar-refractivity contribution is 7.12. The van der Waals surface area contributed by atoms with Gasteiger partial charge in [0.25, 0.3) is 0 Å². The van der Waals surface area contributed by atoms with E-state index in [0.717, 1.165) is 19.5 Å². The number of amides is 1. The third kappa shape index (κ3) is 4.33. The van der Waals surface area contributed by atoms with Gasteiger partial charge in [0.2, 0.25) is 5.91 Å². The molecule has 0 atom stereocenters. The van der Waals surface area contributed by atoms with E-state index in [1.54, 1.807) is 11.3 Å². The third-order valence-electron chi connectivity index (χ3n) is 2.37. The van der Waals surface area contributed by atoms with Gasteiger partial charge >= 0.3 is 0 Å². The lowest BCUT2D eigenvalue weighted by atomic mass is 10.3. The van der Waals surface area contributed by atoms with Gasteiger partial charge in [-0.3, -0.25) is 4.79 Å². The SMILES string of the molecule is CCCNC(=O)CNCc1cc(C)c(C)s1. The molecule has 1 heterocycles. The highest BCUT2D eigenvalue weighted by Crippen LogP contribution is 2.19. The average molecular weight is 240 g/mol. The van der Waals surface area contributed by atoms with Gasteiger partial charge in [0.15, 0.2) is 0 Å². The van der Waals surface area contributed by atoms with Gasteiger partial charge in [0.05, 0.1) is 6.54 Å². The predicted molar refractivity (Wildman–Crippen MR) is 68.8 cm³/mol. The summed E-state index contributed by atoms with van der Waals surface area (Å²) in [6.07, 6.45) is 0.981. The number of rotatable bonds is 6. The highest BCUT2D eigenvalue weighted by atomic mass is 32.1. The lowest BCUT2D eigenvalue weighted by Gasteiger charge is -2.04. The van der Waals surface area contributed by atoms with E-state index in [9.17, 15) is 4.79 Å². The maximum Gasteiger partial charge on any atom is 0.233 e. The monoisotopic (exact) mass is 240 g/mol. The highest BCUT2D eigenvalue weighted by Gasteiger charge is 2.02. The third-order valence-corrected chi connectivity index (χ3v) is 3.53. The van der Waals surface area contributed by atoms with E-state index in [2.05, 4.69) is 30.5 Å². The molecular weight excluding hydrogens is 220 g/mol. The summed E-state index contributed by atoms with van der Waals surface area (Å²) in [5.74, 6) is 0.0758. The first-order valence-corrected chi connectivity index (χ1v) is 6.48. The number of carbonyl (C=O) groups excluding carboxylic acids is 1. The smallest absolute Gasteiger partial charge is 0.233 e. The summed E-state index contributed by atoms with van der Waals surface area (Å²) in [6, 6.07) is 2.18. The molecule has 0 aliphatic carbocycles. The molecule has 0 bridgehead atoms. The van der Waals surface area contributed by atoms with Gasteiger partial charge in [-0.05, 0) is 31.9 Å². The molecule has 0 saturated carbocycles. The van der Waals surface area contributed by atoms with Crippen LogP contribution < -0.4 is 10.6 Å². The van der Waals surface area contributed by atoms with Crippen molar-refractivity contribution in [1.29, 1.82) is 0 Å².